The lowest BCUT2D eigenvalue weighted by molar-refractivity contribution is 0.103. The Balaban J connectivity index is 1.48. The normalized spacial score (nSPS) is 11.2. The molecule has 182 valence electrons. The second-order valence-corrected chi connectivity index (χ2v) is 7.72. The number of aromatic nitrogens is 3. The summed E-state index contributed by atoms with van der Waals surface area (Å²) in [7, 11) is 0. The molecule has 0 aliphatic rings. The molecule has 5 aromatic rings. The summed E-state index contributed by atoms with van der Waals surface area (Å²) in [5, 5.41) is 4.20. The second-order valence-electron chi connectivity index (χ2n) is 7.72. The smallest absolute Gasteiger partial charge is 0.214 e. The lowest BCUT2D eigenvalue weighted by atomic mass is 10.1. The third-order valence-corrected chi connectivity index (χ3v) is 5.38. The number of ether oxygens (including phenoxy) is 1. The Labute approximate surface area is 198 Å². The Bertz CT molecular complexity index is 1620. The van der Waals surface area contributed by atoms with Crippen LogP contribution in [0.2, 0.25) is 0 Å². The van der Waals surface area contributed by atoms with Crippen LogP contribution in [-0.4, -0.2) is 20.5 Å². The molecule has 5 rings (SSSR count). The first-order valence-electron chi connectivity index (χ1n) is 10.2. The number of H-pyrrole nitrogens is 1. The number of anilines is 2. The molecule has 0 saturated carbocycles. The van der Waals surface area contributed by atoms with Crippen LogP contribution >= 0.6 is 0 Å². The van der Waals surface area contributed by atoms with Crippen molar-refractivity contribution in [2.24, 2.45) is 0 Å². The molecule has 36 heavy (non-hydrogen) atoms. The highest BCUT2D eigenvalue weighted by atomic mass is 19.2. The quantitative estimate of drug-likeness (QED) is 0.174. The summed E-state index contributed by atoms with van der Waals surface area (Å²) in [5.74, 6) is -7.67. The van der Waals surface area contributed by atoms with Crippen molar-refractivity contribution >= 4 is 28.2 Å². The molecule has 0 unspecified atom stereocenters. The molecule has 0 aliphatic carbocycles. The molecule has 2 aromatic heterocycles. The number of hydrogen-bond donors (Lipinski definition) is 3. The summed E-state index contributed by atoms with van der Waals surface area (Å²) in [6.45, 7) is 0. The number of rotatable bonds is 5. The SMILES string of the molecule is Nc1cc2[nH]c(C(=O)c3cnn(-c4c(F)cc(Oc5cccc(F)c5F)cc4F)c3N)cc2cc1F. The average molecular weight is 499 g/mol. The lowest BCUT2D eigenvalue weighted by Crippen LogP contribution is -2.10. The van der Waals surface area contributed by atoms with Crippen LogP contribution in [0.4, 0.5) is 33.5 Å². The van der Waals surface area contributed by atoms with Crippen LogP contribution < -0.4 is 16.2 Å². The fraction of sp³-hybridized carbons (Fsp3) is 0. The van der Waals surface area contributed by atoms with Crippen molar-refractivity contribution in [3.05, 3.63) is 95.1 Å². The van der Waals surface area contributed by atoms with Gasteiger partial charge in [0.25, 0.3) is 0 Å². The molecule has 0 bridgehead atoms. The van der Waals surface area contributed by atoms with Crippen LogP contribution in [0, 0.1) is 29.1 Å². The highest BCUT2D eigenvalue weighted by Crippen LogP contribution is 2.32. The number of carbonyl (C=O) groups excluding carboxylic acids is 1. The maximum Gasteiger partial charge on any atom is 0.214 e. The van der Waals surface area contributed by atoms with Crippen LogP contribution in [0.25, 0.3) is 16.6 Å². The molecule has 7 nitrogen and oxygen atoms in total. The lowest BCUT2D eigenvalue weighted by Gasteiger charge is -2.11. The Morgan fingerprint density at radius 2 is 1.64 bits per heavy atom. The van der Waals surface area contributed by atoms with E-state index < -0.39 is 52.1 Å². The summed E-state index contributed by atoms with van der Waals surface area (Å²) in [5.41, 5.74) is 10.9. The van der Waals surface area contributed by atoms with Gasteiger partial charge in [-0.25, -0.2) is 22.2 Å². The Morgan fingerprint density at radius 1 is 0.917 bits per heavy atom. The highest BCUT2D eigenvalue weighted by molar-refractivity contribution is 6.12. The maximum atomic E-state index is 14.9. The van der Waals surface area contributed by atoms with Gasteiger partial charge in [0.2, 0.25) is 11.6 Å². The minimum atomic E-state index is -1.33. The van der Waals surface area contributed by atoms with E-state index in [2.05, 4.69) is 10.1 Å². The van der Waals surface area contributed by atoms with Gasteiger partial charge in [0.15, 0.2) is 23.2 Å². The standard InChI is InChI=1S/C24H14F5N5O2/c25-13-2-1-3-20(21(13)29)36-11-6-15(27)22(16(28)7-11)34-24(31)12(9-32-34)23(35)19-5-10-4-14(26)17(30)8-18(10)33-19/h1-9,33H,30-31H2. The number of nitrogens with two attached hydrogens (primary N) is 2. The molecule has 3 aromatic carbocycles. The van der Waals surface area contributed by atoms with Gasteiger partial charge >= 0.3 is 0 Å². The summed E-state index contributed by atoms with van der Waals surface area (Å²) >= 11 is 0. The fourth-order valence-corrected chi connectivity index (χ4v) is 3.64. The van der Waals surface area contributed by atoms with Gasteiger partial charge in [-0.2, -0.15) is 9.49 Å². The van der Waals surface area contributed by atoms with Gasteiger partial charge in [0.05, 0.1) is 23.1 Å². The summed E-state index contributed by atoms with van der Waals surface area (Å²) in [4.78, 5) is 15.8. The van der Waals surface area contributed by atoms with Crippen molar-refractivity contribution in [3.63, 3.8) is 0 Å². The predicted octanol–water partition coefficient (Wildman–Crippen LogP) is 5.24. The number of aromatic amines is 1. The van der Waals surface area contributed by atoms with Gasteiger partial charge in [0.1, 0.15) is 23.1 Å². The Kier molecular flexibility index (Phi) is 5.35. The van der Waals surface area contributed by atoms with E-state index in [4.69, 9.17) is 16.2 Å². The number of fused-ring (bicyclic) bond motifs is 1. The third kappa shape index (κ3) is 3.78. The summed E-state index contributed by atoms with van der Waals surface area (Å²) in [6, 6.07) is 8.39. The average Bonchev–Trinajstić information content (AvgIpc) is 3.40. The molecule has 0 saturated heterocycles. The van der Waals surface area contributed by atoms with Gasteiger partial charge in [-0.1, -0.05) is 6.07 Å². The van der Waals surface area contributed by atoms with Gasteiger partial charge in [0, 0.05) is 23.0 Å². The van der Waals surface area contributed by atoms with Crippen LogP contribution in [0.1, 0.15) is 16.1 Å². The summed E-state index contributed by atoms with van der Waals surface area (Å²) in [6.07, 6.45) is 1.02. The van der Waals surface area contributed by atoms with Gasteiger partial charge < -0.3 is 21.2 Å². The number of benzene rings is 3. The van der Waals surface area contributed by atoms with E-state index in [0.717, 1.165) is 42.6 Å². The molecule has 5 N–H and O–H groups in total. The van der Waals surface area contributed by atoms with Crippen molar-refractivity contribution in [3.8, 4) is 17.2 Å². The van der Waals surface area contributed by atoms with E-state index in [9.17, 15) is 26.7 Å². The van der Waals surface area contributed by atoms with E-state index in [1.165, 1.54) is 12.1 Å². The molecule has 0 fully saturated rings. The molecule has 12 heteroatoms. The number of nitrogen functional groups attached to an aromatic ring is 2. The molecule has 0 spiro atoms. The van der Waals surface area contributed by atoms with Crippen molar-refractivity contribution in [2.45, 2.75) is 0 Å². The molecule has 0 aliphatic heterocycles. The van der Waals surface area contributed by atoms with E-state index >= 15 is 0 Å². The number of nitrogens with one attached hydrogen (secondary N) is 1. The monoisotopic (exact) mass is 499 g/mol. The first-order valence-corrected chi connectivity index (χ1v) is 10.2. The van der Waals surface area contributed by atoms with Crippen LogP contribution in [0.15, 0.2) is 54.7 Å². The Morgan fingerprint density at radius 3 is 2.36 bits per heavy atom. The van der Waals surface area contributed by atoms with E-state index in [0.29, 0.717) is 15.6 Å². The van der Waals surface area contributed by atoms with Crippen molar-refractivity contribution in [1.82, 2.24) is 14.8 Å². The number of carbonyl (C=O) groups is 1. The third-order valence-electron chi connectivity index (χ3n) is 5.38. The van der Waals surface area contributed by atoms with Gasteiger partial charge in [-0.05, 0) is 30.3 Å². The van der Waals surface area contributed by atoms with Crippen LogP contribution in [0.3, 0.4) is 0 Å². The molecular formula is C24H14F5N5O2. The van der Waals surface area contributed by atoms with Gasteiger partial charge in [-0.3, -0.25) is 4.79 Å². The van der Waals surface area contributed by atoms with Crippen LogP contribution in [-0.2, 0) is 0 Å². The first-order chi connectivity index (χ1) is 17.1. The second kappa shape index (κ2) is 8.41. The number of ketones is 1. The largest absolute Gasteiger partial charge is 0.454 e. The topological polar surface area (TPSA) is 112 Å². The van der Waals surface area contributed by atoms with Crippen molar-refractivity contribution in [2.75, 3.05) is 11.5 Å². The Hall–Kier alpha value is -4.87. The number of hydrogen-bond acceptors (Lipinski definition) is 5. The zero-order valence-corrected chi connectivity index (χ0v) is 18.0. The fourth-order valence-electron chi connectivity index (χ4n) is 3.64. The van der Waals surface area contributed by atoms with E-state index in [-0.39, 0.29) is 22.8 Å². The predicted molar refractivity (Wildman–Crippen MR) is 120 cm³/mol. The molecule has 0 atom stereocenters. The number of halogens is 5. The molecule has 0 radical (unpaired) electrons. The molecule has 2 heterocycles. The minimum absolute atomic E-state index is 0.0167. The maximum absolute atomic E-state index is 14.9. The molecule has 0 amide bonds. The van der Waals surface area contributed by atoms with E-state index in [1.54, 1.807) is 0 Å². The van der Waals surface area contributed by atoms with Crippen molar-refractivity contribution in [1.29, 1.82) is 0 Å². The van der Waals surface area contributed by atoms with E-state index in [1.807, 2.05) is 0 Å². The van der Waals surface area contributed by atoms with Crippen molar-refractivity contribution < 1.29 is 31.5 Å². The first kappa shape index (κ1) is 22.9. The zero-order chi connectivity index (χ0) is 25.7. The molecular weight excluding hydrogens is 485 g/mol. The number of nitrogens with zero attached hydrogens (tertiary/aromatic N) is 2. The zero-order valence-electron chi connectivity index (χ0n) is 18.0. The highest BCUT2D eigenvalue weighted by Gasteiger charge is 2.24. The minimum Gasteiger partial charge on any atom is -0.454 e. The van der Waals surface area contributed by atoms with Gasteiger partial charge in [-0.15, -0.1) is 0 Å². The summed E-state index contributed by atoms with van der Waals surface area (Å²) < 4.78 is 76.4. The van der Waals surface area contributed by atoms with Crippen LogP contribution in [0.5, 0.6) is 11.5 Å².